The Morgan fingerprint density at radius 2 is 2.05 bits per heavy atom. The molecule has 0 bridgehead atoms. The number of carbonyl (C=O) groups is 1. The van der Waals surface area contributed by atoms with Crippen LogP contribution in [0.4, 0.5) is 0 Å². The number of fused-ring (bicyclic) bond motifs is 1. The van der Waals surface area contributed by atoms with Crippen LogP contribution in [0, 0.1) is 6.92 Å². The monoisotopic (exact) mass is 269 g/mol. The molecule has 1 N–H and O–H groups in total. The lowest BCUT2D eigenvalue weighted by Gasteiger charge is -2.02. The molecule has 4 nitrogen and oxygen atoms in total. The molecule has 20 heavy (non-hydrogen) atoms. The van der Waals surface area contributed by atoms with Gasteiger partial charge in [0.2, 0.25) is 0 Å². The van der Waals surface area contributed by atoms with E-state index in [9.17, 15) is 4.79 Å². The van der Waals surface area contributed by atoms with Crippen molar-refractivity contribution in [3.05, 3.63) is 59.7 Å². The van der Waals surface area contributed by atoms with Gasteiger partial charge in [0.15, 0.2) is 5.76 Å². The van der Waals surface area contributed by atoms with Crippen LogP contribution in [0.1, 0.15) is 21.9 Å². The maximum absolute atomic E-state index is 12.1. The fourth-order valence-electron chi connectivity index (χ4n) is 2.23. The molecule has 2 heterocycles. The number of aryl methyl sites for hydroxylation is 1. The molecule has 0 fully saturated rings. The van der Waals surface area contributed by atoms with E-state index in [1.807, 2.05) is 43.3 Å². The first-order valence-corrected chi connectivity index (χ1v) is 6.54. The van der Waals surface area contributed by atoms with Crippen molar-refractivity contribution in [2.45, 2.75) is 13.3 Å². The minimum atomic E-state index is -0.190. The summed E-state index contributed by atoms with van der Waals surface area (Å²) in [6, 6.07) is 11.4. The van der Waals surface area contributed by atoms with E-state index in [-0.39, 0.29) is 5.91 Å². The molecule has 0 radical (unpaired) electrons. The smallest absolute Gasteiger partial charge is 0.287 e. The van der Waals surface area contributed by atoms with Gasteiger partial charge in [-0.25, -0.2) is 0 Å². The van der Waals surface area contributed by atoms with E-state index < -0.39 is 0 Å². The molecular weight excluding hydrogens is 254 g/mol. The van der Waals surface area contributed by atoms with Crippen molar-refractivity contribution >= 4 is 16.9 Å². The van der Waals surface area contributed by atoms with Gasteiger partial charge in [0.1, 0.15) is 11.3 Å². The Bertz CT molecular complexity index is 725. The molecule has 0 saturated carbocycles. The molecule has 4 heteroatoms. The van der Waals surface area contributed by atoms with Crippen LogP contribution >= 0.6 is 0 Å². The Morgan fingerprint density at radius 3 is 2.80 bits per heavy atom. The minimum Gasteiger partial charge on any atom is -0.469 e. The molecule has 0 spiro atoms. The molecule has 1 amide bonds. The van der Waals surface area contributed by atoms with Gasteiger partial charge in [-0.05, 0) is 25.1 Å². The Morgan fingerprint density at radius 1 is 1.20 bits per heavy atom. The first-order valence-electron chi connectivity index (χ1n) is 6.54. The Hall–Kier alpha value is -2.49. The lowest BCUT2D eigenvalue weighted by atomic mass is 10.1. The van der Waals surface area contributed by atoms with Gasteiger partial charge in [-0.1, -0.05) is 18.2 Å². The second-order valence-electron chi connectivity index (χ2n) is 4.64. The van der Waals surface area contributed by atoms with E-state index in [4.69, 9.17) is 8.83 Å². The summed E-state index contributed by atoms with van der Waals surface area (Å²) < 4.78 is 10.8. The molecule has 102 valence electrons. The van der Waals surface area contributed by atoms with Gasteiger partial charge in [-0.2, -0.15) is 0 Å². The third-order valence-corrected chi connectivity index (χ3v) is 3.29. The van der Waals surface area contributed by atoms with Crippen molar-refractivity contribution in [1.29, 1.82) is 0 Å². The quantitative estimate of drug-likeness (QED) is 0.790. The Labute approximate surface area is 116 Å². The number of carbonyl (C=O) groups excluding carboxylic acids is 1. The fraction of sp³-hybridized carbons (Fsp3) is 0.188. The largest absolute Gasteiger partial charge is 0.469 e. The predicted molar refractivity (Wildman–Crippen MR) is 75.7 cm³/mol. The van der Waals surface area contributed by atoms with Crippen LogP contribution in [-0.2, 0) is 6.42 Å². The third-order valence-electron chi connectivity index (χ3n) is 3.29. The highest BCUT2D eigenvalue weighted by Gasteiger charge is 2.16. The van der Waals surface area contributed by atoms with Gasteiger partial charge in [0.05, 0.1) is 6.26 Å². The maximum atomic E-state index is 12.1. The summed E-state index contributed by atoms with van der Waals surface area (Å²) in [5, 5.41) is 3.82. The fourth-order valence-corrected chi connectivity index (χ4v) is 2.23. The molecule has 0 aliphatic carbocycles. The lowest BCUT2D eigenvalue weighted by molar-refractivity contribution is 0.0927. The van der Waals surface area contributed by atoms with E-state index in [0.717, 1.165) is 22.3 Å². The molecule has 0 unspecified atom stereocenters. The van der Waals surface area contributed by atoms with Crippen LogP contribution < -0.4 is 5.32 Å². The van der Waals surface area contributed by atoms with Crippen molar-refractivity contribution in [2.24, 2.45) is 0 Å². The third kappa shape index (κ3) is 2.32. The van der Waals surface area contributed by atoms with Gasteiger partial charge in [0, 0.05) is 23.9 Å². The van der Waals surface area contributed by atoms with Crippen molar-refractivity contribution in [2.75, 3.05) is 6.54 Å². The summed E-state index contributed by atoms with van der Waals surface area (Å²) in [4.78, 5) is 12.1. The second-order valence-corrected chi connectivity index (χ2v) is 4.64. The molecule has 1 aromatic carbocycles. The van der Waals surface area contributed by atoms with Gasteiger partial charge in [-0.15, -0.1) is 0 Å². The number of furan rings is 2. The van der Waals surface area contributed by atoms with Gasteiger partial charge in [0.25, 0.3) is 5.91 Å². The van der Waals surface area contributed by atoms with E-state index >= 15 is 0 Å². The van der Waals surface area contributed by atoms with Crippen LogP contribution in [0.2, 0.25) is 0 Å². The molecule has 0 aliphatic rings. The van der Waals surface area contributed by atoms with Crippen LogP contribution in [-0.4, -0.2) is 12.5 Å². The van der Waals surface area contributed by atoms with Crippen molar-refractivity contribution < 1.29 is 13.6 Å². The number of hydrogen-bond donors (Lipinski definition) is 1. The van der Waals surface area contributed by atoms with Gasteiger partial charge in [-0.3, -0.25) is 4.79 Å². The summed E-state index contributed by atoms with van der Waals surface area (Å²) >= 11 is 0. The number of para-hydroxylation sites is 1. The van der Waals surface area contributed by atoms with Crippen molar-refractivity contribution in [3.63, 3.8) is 0 Å². The Kier molecular flexibility index (Phi) is 3.29. The molecule has 0 atom stereocenters. The van der Waals surface area contributed by atoms with E-state index in [2.05, 4.69) is 5.32 Å². The SMILES string of the molecule is Cc1c(C(=O)NCCc2ccco2)oc2ccccc12. The van der Waals surface area contributed by atoms with Crippen LogP contribution in [0.25, 0.3) is 11.0 Å². The first kappa shape index (κ1) is 12.5. The zero-order valence-corrected chi connectivity index (χ0v) is 11.2. The number of hydrogen-bond acceptors (Lipinski definition) is 3. The number of benzene rings is 1. The summed E-state index contributed by atoms with van der Waals surface area (Å²) in [6.07, 6.45) is 2.29. The second kappa shape index (κ2) is 5.25. The zero-order chi connectivity index (χ0) is 13.9. The standard InChI is InChI=1S/C16H15NO3/c1-11-13-6-2-3-7-14(13)20-15(11)16(18)17-9-8-12-5-4-10-19-12/h2-7,10H,8-9H2,1H3,(H,17,18). The zero-order valence-electron chi connectivity index (χ0n) is 11.2. The summed E-state index contributed by atoms with van der Waals surface area (Å²) in [5.74, 6) is 1.04. The highest BCUT2D eigenvalue weighted by atomic mass is 16.3. The van der Waals surface area contributed by atoms with Gasteiger partial charge < -0.3 is 14.2 Å². The van der Waals surface area contributed by atoms with Crippen LogP contribution in [0.5, 0.6) is 0 Å². The first-order chi connectivity index (χ1) is 9.75. The highest BCUT2D eigenvalue weighted by Crippen LogP contribution is 2.24. The van der Waals surface area contributed by atoms with Crippen molar-refractivity contribution in [3.8, 4) is 0 Å². The number of rotatable bonds is 4. The maximum Gasteiger partial charge on any atom is 0.287 e. The molecule has 0 aliphatic heterocycles. The highest BCUT2D eigenvalue weighted by molar-refractivity contribution is 5.98. The van der Waals surface area contributed by atoms with E-state index in [1.54, 1.807) is 6.26 Å². The normalized spacial score (nSPS) is 10.8. The average Bonchev–Trinajstić information content (AvgIpc) is 3.08. The van der Waals surface area contributed by atoms with Crippen LogP contribution in [0.15, 0.2) is 51.5 Å². The minimum absolute atomic E-state index is 0.190. The predicted octanol–water partition coefficient (Wildman–Crippen LogP) is 3.31. The molecule has 2 aromatic heterocycles. The number of amides is 1. The molecule has 0 saturated heterocycles. The summed E-state index contributed by atoms with van der Waals surface area (Å²) in [6.45, 7) is 2.41. The molecule has 3 rings (SSSR count). The summed E-state index contributed by atoms with van der Waals surface area (Å²) in [5.41, 5.74) is 1.61. The lowest BCUT2D eigenvalue weighted by Crippen LogP contribution is -2.25. The van der Waals surface area contributed by atoms with Gasteiger partial charge >= 0.3 is 0 Å². The summed E-state index contributed by atoms with van der Waals surface area (Å²) in [7, 11) is 0. The average molecular weight is 269 g/mol. The Balaban J connectivity index is 1.71. The topological polar surface area (TPSA) is 55.4 Å². The van der Waals surface area contributed by atoms with Crippen LogP contribution in [0.3, 0.4) is 0 Å². The number of nitrogens with one attached hydrogen (secondary N) is 1. The van der Waals surface area contributed by atoms with Crippen molar-refractivity contribution in [1.82, 2.24) is 5.32 Å². The molecule has 3 aromatic rings. The van der Waals surface area contributed by atoms with E-state index in [0.29, 0.717) is 18.7 Å². The molecular formula is C16H15NO3. The van der Waals surface area contributed by atoms with E-state index in [1.165, 1.54) is 0 Å².